The number of carbonyl (C=O) groups excluding carboxylic acids is 2. The summed E-state index contributed by atoms with van der Waals surface area (Å²) in [5.41, 5.74) is 1.86. The van der Waals surface area contributed by atoms with E-state index < -0.39 is 18.6 Å². The van der Waals surface area contributed by atoms with E-state index in [9.17, 15) is 22.8 Å². The molecular formula is C18H18F3N3O2. The molecule has 0 bridgehead atoms. The summed E-state index contributed by atoms with van der Waals surface area (Å²) in [7, 11) is 0. The average Bonchev–Trinajstić information content (AvgIpc) is 2.59. The Morgan fingerprint density at radius 1 is 0.962 bits per heavy atom. The fourth-order valence-corrected chi connectivity index (χ4v) is 2.19. The van der Waals surface area contributed by atoms with Gasteiger partial charge in [0.1, 0.15) is 6.54 Å². The predicted molar refractivity (Wildman–Crippen MR) is 93.1 cm³/mol. The van der Waals surface area contributed by atoms with Crippen molar-refractivity contribution in [2.24, 2.45) is 0 Å². The molecule has 0 aromatic heterocycles. The Morgan fingerprint density at radius 3 is 2.23 bits per heavy atom. The number of alkyl halides is 3. The summed E-state index contributed by atoms with van der Waals surface area (Å²) in [6, 6.07) is 13.3. The van der Waals surface area contributed by atoms with E-state index in [0.717, 1.165) is 5.56 Å². The molecule has 2 aromatic carbocycles. The molecular weight excluding hydrogens is 347 g/mol. The van der Waals surface area contributed by atoms with Gasteiger partial charge in [-0.15, -0.1) is 0 Å². The van der Waals surface area contributed by atoms with Gasteiger partial charge >= 0.3 is 6.18 Å². The Labute approximate surface area is 148 Å². The quantitative estimate of drug-likeness (QED) is 0.735. The van der Waals surface area contributed by atoms with E-state index in [1.54, 1.807) is 18.2 Å². The zero-order valence-electron chi connectivity index (χ0n) is 14.0. The minimum Gasteiger partial charge on any atom is -0.376 e. The van der Waals surface area contributed by atoms with Crippen LogP contribution in [0.4, 0.5) is 24.5 Å². The van der Waals surface area contributed by atoms with E-state index >= 15 is 0 Å². The van der Waals surface area contributed by atoms with Gasteiger partial charge in [-0.3, -0.25) is 9.59 Å². The van der Waals surface area contributed by atoms with Crippen LogP contribution in [0.25, 0.3) is 0 Å². The average molecular weight is 365 g/mol. The SMILES string of the molecule is Cc1ccccc1NC(=O)CNc1ccccc1C(=O)NCC(F)(F)F. The molecule has 0 atom stereocenters. The molecule has 5 nitrogen and oxygen atoms in total. The summed E-state index contributed by atoms with van der Waals surface area (Å²) >= 11 is 0. The molecule has 26 heavy (non-hydrogen) atoms. The minimum atomic E-state index is -4.49. The maximum atomic E-state index is 12.2. The molecule has 2 amide bonds. The Balaban J connectivity index is 1.98. The molecule has 0 saturated heterocycles. The van der Waals surface area contributed by atoms with E-state index in [1.807, 2.05) is 24.4 Å². The van der Waals surface area contributed by atoms with Gasteiger partial charge in [-0.25, -0.2) is 0 Å². The van der Waals surface area contributed by atoms with E-state index in [-0.39, 0.29) is 23.7 Å². The Hall–Kier alpha value is -3.03. The van der Waals surface area contributed by atoms with Crippen molar-refractivity contribution in [2.75, 3.05) is 23.7 Å². The van der Waals surface area contributed by atoms with E-state index in [4.69, 9.17) is 0 Å². The number of para-hydroxylation sites is 2. The Bertz CT molecular complexity index is 791. The van der Waals surface area contributed by atoms with Crippen LogP contribution < -0.4 is 16.0 Å². The molecule has 138 valence electrons. The summed E-state index contributed by atoms with van der Waals surface area (Å²) in [6.45, 7) is 0.287. The van der Waals surface area contributed by atoms with Crippen molar-refractivity contribution in [3.63, 3.8) is 0 Å². The van der Waals surface area contributed by atoms with Crippen LogP contribution in [-0.2, 0) is 4.79 Å². The van der Waals surface area contributed by atoms with E-state index in [0.29, 0.717) is 5.69 Å². The second kappa shape index (κ2) is 8.37. The molecule has 0 saturated carbocycles. The van der Waals surface area contributed by atoms with Crippen molar-refractivity contribution in [1.82, 2.24) is 5.32 Å². The highest BCUT2D eigenvalue weighted by atomic mass is 19.4. The third kappa shape index (κ3) is 5.80. The van der Waals surface area contributed by atoms with Crippen LogP contribution in [-0.4, -0.2) is 31.1 Å². The first kappa shape index (κ1) is 19.3. The lowest BCUT2D eigenvalue weighted by Gasteiger charge is -2.13. The van der Waals surface area contributed by atoms with Crippen molar-refractivity contribution >= 4 is 23.2 Å². The second-order valence-corrected chi connectivity index (χ2v) is 5.56. The van der Waals surface area contributed by atoms with Crippen LogP contribution in [0.2, 0.25) is 0 Å². The summed E-state index contributed by atoms with van der Waals surface area (Å²) < 4.78 is 36.7. The van der Waals surface area contributed by atoms with Gasteiger partial charge in [-0.2, -0.15) is 13.2 Å². The molecule has 0 radical (unpaired) electrons. The summed E-state index contributed by atoms with van der Waals surface area (Å²) in [6.07, 6.45) is -4.49. The Kier molecular flexibility index (Phi) is 6.21. The predicted octanol–water partition coefficient (Wildman–Crippen LogP) is 3.34. The first-order valence-electron chi connectivity index (χ1n) is 7.79. The van der Waals surface area contributed by atoms with Gasteiger partial charge < -0.3 is 16.0 Å². The molecule has 2 aromatic rings. The first-order chi connectivity index (χ1) is 12.3. The van der Waals surface area contributed by atoms with Crippen LogP contribution in [0.1, 0.15) is 15.9 Å². The number of hydrogen-bond acceptors (Lipinski definition) is 3. The van der Waals surface area contributed by atoms with E-state index in [1.165, 1.54) is 18.2 Å². The van der Waals surface area contributed by atoms with Gasteiger partial charge in [0.2, 0.25) is 5.91 Å². The molecule has 8 heteroatoms. The molecule has 0 aliphatic rings. The molecule has 0 heterocycles. The van der Waals surface area contributed by atoms with Crippen LogP contribution in [0.3, 0.4) is 0 Å². The number of aryl methyl sites for hydroxylation is 1. The second-order valence-electron chi connectivity index (χ2n) is 5.56. The van der Waals surface area contributed by atoms with Gasteiger partial charge in [-0.05, 0) is 30.7 Å². The largest absolute Gasteiger partial charge is 0.405 e. The number of rotatable bonds is 6. The fraction of sp³-hybridized carbons (Fsp3) is 0.222. The van der Waals surface area contributed by atoms with Crippen LogP contribution in [0.5, 0.6) is 0 Å². The normalized spacial score (nSPS) is 10.9. The zero-order chi connectivity index (χ0) is 19.2. The van der Waals surface area contributed by atoms with Crippen LogP contribution >= 0.6 is 0 Å². The van der Waals surface area contributed by atoms with Gasteiger partial charge in [-0.1, -0.05) is 30.3 Å². The highest BCUT2D eigenvalue weighted by Gasteiger charge is 2.28. The number of amides is 2. The maximum absolute atomic E-state index is 12.2. The van der Waals surface area contributed by atoms with Gasteiger partial charge in [0.05, 0.1) is 12.1 Å². The standard InChI is InChI=1S/C18H18F3N3O2/c1-12-6-2-4-8-14(12)24-16(25)10-22-15-9-5-3-7-13(15)17(26)23-11-18(19,20)21/h2-9,22H,10-11H2,1H3,(H,23,26)(H,24,25). The van der Waals surface area contributed by atoms with Crippen molar-refractivity contribution in [3.8, 4) is 0 Å². The summed E-state index contributed by atoms with van der Waals surface area (Å²) in [5, 5.41) is 7.31. The van der Waals surface area contributed by atoms with Gasteiger partial charge in [0.25, 0.3) is 5.91 Å². The number of halogens is 3. The third-order valence-corrected chi connectivity index (χ3v) is 3.48. The van der Waals surface area contributed by atoms with Crippen LogP contribution in [0, 0.1) is 6.92 Å². The van der Waals surface area contributed by atoms with Crippen molar-refractivity contribution in [1.29, 1.82) is 0 Å². The highest BCUT2D eigenvalue weighted by molar-refractivity contribution is 6.01. The van der Waals surface area contributed by atoms with Crippen molar-refractivity contribution in [3.05, 3.63) is 59.7 Å². The molecule has 2 rings (SSSR count). The number of benzene rings is 2. The number of nitrogens with one attached hydrogen (secondary N) is 3. The third-order valence-electron chi connectivity index (χ3n) is 3.48. The van der Waals surface area contributed by atoms with Crippen LogP contribution in [0.15, 0.2) is 48.5 Å². The maximum Gasteiger partial charge on any atom is 0.405 e. The summed E-state index contributed by atoms with van der Waals surface area (Å²) in [4.78, 5) is 24.0. The molecule has 0 fully saturated rings. The molecule has 0 spiro atoms. The monoisotopic (exact) mass is 365 g/mol. The van der Waals surface area contributed by atoms with E-state index in [2.05, 4.69) is 10.6 Å². The number of anilines is 2. The van der Waals surface area contributed by atoms with Gasteiger partial charge in [0.15, 0.2) is 0 Å². The molecule has 0 aliphatic heterocycles. The zero-order valence-corrected chi connectivity index (χ0v) is 14.0. The molecule has 3 N–H and O–H groups in total. The summed E-state index contributed by atoms with van der Waals surface area (Å²) in [5.74, 6) is -1.21. The van der Waals surface area contributed by atoms with Gasteiger partial charge in [0, 0.05) is 11.4 Å². The topological polar surface area (TPSA) is 70.2 Å². The fourth-order valence-electron chi connectivity index (χ4n) is 2.19. The molecule has 0 unspecified atom stereocenters. The number of hydrogen-bond donors (Lipinski definition) is 3. The lowest BCUT2D eigenvalue weighted by atomic mass is 10.1. The van der Waals surface area contributed by atoms with Crippen molar-refractivity contribution < 1.29 is 22.8 Å². The lowest BCUT2D eigenvalue weighted by molar-refractivity contribution is -0.123. The van der Waals surface area contributed by atoms with Crippen molar-refractivity contribution in [2.45, 2.75) is 13.1 Å². The molecule has 0 aliphatic carbocycles. The number of carbonyl (C=O) groups is 2. The lowest BCUT2D eigenvalue weighted by Crippen LogP contribution is -2.34. The first-order valence-corrected chi connectivity index (χ1v) is 7.79. The minimum absolute atomic E-state index is 0.0282. The smallest absolute Gasteiger partial charge is 0.376 e. The highest BCUT2D eigenvalue weighted by Crippen LogP contribution is 2.17. The Morgan fingerprint density at radius 2 is 1.58 bits per heavy atom.